The molecule has 6 rings (SSSR count). The Bertz CT molecular complexity index is 1300. The summed E-state index contributed by atoms with van der Waals surface area (Å²) in [6, 6.07) is 12.2. The van der Waals surface area contributed by atoms with E-state index in [0.29, 0.717) is 11.8 Å². The summed E-state index contributed by atoms with van der Waals surface area (Å²) in [4.78, 5) is 19.1. The first-order chi connectivity index (χ1) is 14.6. The van der Waals surface area contributed by atoms with Crippen LogP contribution in [0.5, 0.6) is 0 Å². The molecule has 2 atom stereocenters. The summed E-state index contributed by atoms with van der Waals surface area (Å²) in [7, 11) is 0. The van der Waals surface area contributed by atoms with Gasteiger partial charge in [0.25, 0.3) is 0 Å². The predicted molar refractivity (Wildman–Crippen MR) is 121 cm³/mol. The van der Waals surface area contributed by atoms with E-state index in [-0.39, 0.29) is 5.41 Å². The van der Waals surface area contributed by atoms with Gasteiger partial charge in [-0.3, -0.25) is 4.98 Å². The minimum absolute atomic E-state index is 0.0365. The van der Waals surface area contributed by atoms with Gasteiger partial charge in [0.15, 0.2) is 5.82 Å². The van der Waals surface area contributed by atoms with Gasteiger partial charge in [0.2, 0.25) is 0 Å². The molecule has 0 N–H and O–H groups in total. The maximum absolute atomic E-state index is 4.99. The second-order valence-electron chi connectivity index (χ2n) is 8.45. The second kappa shape index (κ2) is 6.41. The molecular formula is C25H20N4S. The number of benzene rings is 1. The molecule has 0 bridgehead atoms. The lowest BCUT2D eigenvalue weighted by molar-refractivity contribution is 0.393. The van der Waals surface area contributed by atoms with E-state index in [1.165, 1.54) is 10.3 Å². The number of thiazole rings is 1. The monoisotopic (exact) mass is 408 g/mol. The highest BCUT2D eigenvalue weighted by atomic mass is 32.1. The van der Waals surface area contributed by atoms with Crippen molar-refractivity contribution in [1.82, 2.24) is 19.9 Å². The van der Waals surface area contributed by atoms with Crippen LogP contribution in [-0.2, 0) is 5.41 Å². The van der Waals surface area contributed by atoms with Gasteiger partial charge in [0.1, 0.15) is 5.01 Å². The van der Waals surface area contributed by atoms with Crippen molar-refractivity contribution in [2.24, 2.45) is 5.92 Å². The molecule has 0 fully saturated rings. The van der Waals surface area contributed by atoms with Crippen molar-refractivity contribution in [2.75, 3.05) is 0 Å². The average molecular weight is 409 g/mol. The zero-order valence-electron chi connectivity index (χ0n) is 16.8. The highest BCUT2D eigenvalue weighted by Crippen LogP contribution is 2.52. The number of allylic oxidation sites excluding steroid dienone is 4. The molecule has 5 heteroatoms. The Morgan fingerprint density at radius 3 is 2.60 bits per heavy atom. The van der Waals surface area contributed by atoms with Gasteiger partial charge in [-0.1, -0.05) is 50.3 Å². The summed E-state index contributed by atoms with van der Waals surface area (Å²) < 4.78 is 1.17. The maximum atomic E-state index is 4.99. The first-order valence-electron chi connectivity index (χ1n) is 10.2. The molecule has 3 aromatic heterocycles. The summed E-state index contributed by atoms with van der Waals surface area (Å²) in [5.74, 6) is 1.48. The molecule has 0 saturated heterocycles. The van der Waals surface area contributed by atoms with Crippen molar-refractivity contribution in [3.05, 3.63) is 84.4 Å². The predicted octanol–water partition coefficient (Wildman–Crippen LogP) is 5.93. The van der Waals surface area contributed by atoms with Crippen LogP contribution < -0.4 is 0 Å². The van der Waals surface area contributed by atoms with Gasteiger partial charge in [-0.2, -0.15) is 0 Å². The summed E-state index contributed by atoms with van der Waals surface area (Å²) in [6.07, 6.45) is 12.7. The molecule has 2 unspecified atom stereocenters. The van der Waals surface area contributed by atoms with E-state index in [1.54, 1.807) is 11.3 Å². The molecule has 30 heavy (non-hydrogen) atoms. The molecular weight excluding hydrogens is 388 g/mol. The van der Waals surface area contributed by atoms with Crippen LogP contribution in [-0.4, -0.2) is 19.9 Å². The number of rotatable bonds is 2. The summed E-state index contributed by atoms with van der Waals surface area (Å²) >= 11 is 1.66. The molecule has 146 valence electrons. The molecule has 0 radical (unpaired) electrons. The minimum Gasteiger partial charge on any atom is -0.253 e. The van der Waals surface area contributed by atoms with E-state index in [4.69, 9.17) is 15.0 Å². The first-order valence-corrected chi connectivity index (χ1v) is 11.0. The normalized spacial score (nSPS) is 21.0. The van der Waals surface area contributed by atoms with Crippen molar-refractivity contribution in [1.29, 1.82) is 0 Å². The summed E-state index contributed by atoms with van der Waals surface area (Å²) in [5, 5.41) is 0.932. The molecule has 1 aromatic carbocycles. The van der Waals surface area contributed by atoms with Crippen molar-refractivity contribution in [3.8, 4) is 22.1 Å². The fourth-order valence-electron chi connectivity index (χ4n) is 4.66. The molecule has 0 saturated carbocycles. The van der Waals surface area contributed by atoms with Gasteiger partial charge in [0, 0.05) is 29.3 Å². The third-order valence-corrected chi connectivity index (χ3v) is 7.39. The van der Waals surface area contributed by atoms with Crippen LogP contribution in [0.1, 0.15) is 31.0 Å². The van der Waals surface area contributed by atoms with Crippen molar-refractivity contribution < 1.29 is 0 Å². The lowest BCUT2D eigenvalue weighted by Crippen LogP contribution is -2.24. The van der Waals surface area contributed by atoms with Crippen LogP contribution in [0.2, 0.25) is 0 Å². The number of fused-ring (bicyclic) bond motifs is 4. The number of para-hydroxylation sites is 1. The molecule has 2 aliphatic carbocycles. The van der Waals surface area contributed by atoms with Crippen molar-refractivity contribution in [3.63, 3.8) is 0 Å². The number of pyridine rings is 1. The molecule has 0 spiro atoms. The Kier molecular flexibility index (Phi) is 3.77. The topological polar surface area (TPSA) is 51.6 Å². The van der Waals surface area contributed by atoms with Crippen molar-refractivity contribution >= 4 is 21.6 Å². The largest absolute Gasteiger partial charge is 0.253 e. The van der Waals surface area contributed by atoms with E-state index in [9.17, 15) is 0 Å². The molecule has 2 aliphatic rings. The van der Waals surface area contributed by atoms with Gasteiger partial charge in [-0.25, -0.2) is 15.0 Å². The molecule has 0 amide bonds. The lowest BCUT2D eigenvalue weighted by atomic mass is 9.75. The van der Waals surface area contributed by atoms with Gasteiger partial charge >= 0.3 is 0 Å². The number of nitrogens with zero attached hydrogens (tertiary/aromatic N) is 4. The van der Waals surface area contributed by atoms with Crippen LogP contribution in [0.15, 0.2) is 73.1 Å². The van der Waals surface area contributed by atoms with E-state index in [2.05, 4.69) is 49.2 Å². The zero-order chi connectivity index (χ0) is 20.3. The Morgan fingerprint density at radius 2 is 1.77 bits per heavy atom. The molecule has 0 aliphatic heterocycles. The smallest absolute Gasteiger partial charge is 0.160 e. The highest BCUT2D eigenvalue weighted by molar-refractivity contribution is 7.21. The second-order valence-corrected chi connectivity index (χ2v) is 9.49. The SMILES string of the molecule is CC1(C)c2cnc(-c3ccc(-c4nc5ccccc5s4)nc3)nc2C2C=CC=CC21. The minimum atomic E-state index is 0.0365. The molecule has 3 heterocycles. The summed E-state index contributed by atoms with van der Waals surface area (Å²) in [5.41, 5.74) is 5.25. The molecule has 4 aromatic rings. The average Bonchev–Trinajstić information content (AvgIpc) is 3.32. The van der Waals surface area contributed by atoms with Crippen LogP contribution >= 0.6 is 11.3 Å². The van der Waals surface area contributed by atoms with Gasteiger partial charge < -0.3 is 0 Å². The van der Waals surface area contributed by atoms with Gasteiger partial charge in [0.05, 0.1) is 21.6 Å². The number of hydrogen-bond acceptors (Lipinski definition) is 5. The van der Waals surface area contributed by atoms with Crippen LogP contribution in [0.3, 0.4) is 0 Å². The first kappa shape index (κ1) is 17.7. The van der Waals surface area contributed by atoms with E-state index in [0.717, 1.165) is 33.3 Å². The quantitative estimate of drug-likeness (QED) is 0.412. The van der Waals surface area contributed by atoms with E-state index in [1.807, 2.05) is 42.7 Å². The standard InChI is InChI=1S/C25H20N4S/c1-25(2)17-8-4-3-7-16(17)22-18(25)14-27-23(29-22)15-11-12-20(26-13-15)24-28-19-9-5-6-10-21(19)30-24/h3-14,16-17H,1-2H3. The zero-order valence-corrected chi connectivity index (χ0v) is 17.6. The fourth-order valence-corrected chi connectivity index (χ4v) is 5.60. The van der Waals surface area contributed by atoms with E-state index >= 15 is 0 Å². The third kappa shape index (κ3) is 2.58. The van der Waals surface area contributed by atoms with Crippen LogP contribution in [0.4, 0.5) is 0 Å². The Morgan fingerprint density at radius 1 is 0.900 bits per heavy atom. The third-order valence-electron chi connectivity index (χ3n) is 6.33. The Labute approximate surface area is 179 Å². The van der Waals surface area contributed by atoms with Gasteiger partial charge in [-0.15, -0.1) is 11.3 Å². The molecule has 4 nitrogen and oxygen atoms in total. The number of aromatic nitrogens is 4. The van der Waals surface area contributed by atoms with Crippen LogP contribution in [0.25, 0.3) is 32.3 Å². The Balaban J connectivity index is 1.37. The maximum Gasteiger partial charge on any atom is 0.160 e. The van der Waals surface area contributed by atoms with Gasteiger partial charge in [-0.05, 0) is 35.7 Å². The fraction of sp³-hybridized carbons (Fsp3) is 0.200. The van der Waals surface area contributed by atoms with E-state index < -0.39 is 0 Å². The lowest BCUT2D eigenvalue weighted by Gasteiger charge is -2.28. The Hall–Kier alpha value is -3.18. The van der Waals surface area contributed by atoms with Crippen molar-refractivity contribution in [2.45, 2.75) is 25.2 Å². The highest BCUT2D eigenvalue weighted by Gasteiger charge is 2.46. The number of hydrogen-bond donors (Lipinski definition) is 0. The van der Waals surface area contributed by atoms with Crippen LogP contribution in [0, 0.1) is 5.92 Å². The summed E-state index contributed by atoms with van der Waals surface area (Å²) in [6.45, 7) is 4.58.